The number of aromatic nitrogens is 3. The van der Waals surface area contributed by atoms with Gasteiger partial charge in [0.2, 0.25) is 0 Å². The van der Waals surface area contributed by atoms with Crippen LogP contribution in [0.5, 0.6) is 5.75 Å². The Morgan fingerprint density at radius 3 is 2.64 bits per heavy atom. The maximum atomic E-state index is 11.4. The zero-order valence-corrected chi connectivity index (χ0v) is 12.6. The lowest BCUT2D eigenvalue weighted by Crippen LogP contribution is -2.28. The molecule has 0 bridgehead atoms. The molecule has 2 rings (SSSR count). The summed E-state index contributed by atoms with van der Waals surface area (Å²) in [6.45, 7) is 4.45. The first kappa shape index (κ1) is 16.0. The third-order valence-electron chi connectivity index (χ3n) is 2.92. The fourth-order valence-electron chi connectivity index (χ4n) is 1.90. The highest BCUT2D eigenvalue weighted by Gasteiger charge is 2.17. The Bertz CT molecular complexity index is 610. The van der Waals surface area contributed by atoms with Crippen molar-refractivity contribution in [1.82, 2.24) is 15.0 Å². The molecule has 0 saturated carbocycles. The van der Waals surface area contributed by atoms with E-state index >= 15 is 0 Å². The van der Waals surface area contributed by atoms with Crippen molar-refractivity contribution in [3.05, 3.63) is 30.5 Å². The zero-order chi connectivity index (χ0) is 15.9. The van der Waals surface area contributed by atoms with E-state index in [-0.39, 0.29) is 13.2 Å². The van der Waals surface area contributed by atoms with Crippen LogP contribution in [0.3, 0.4) is 0 Å². The second-order valence-electron chi connectivity index (χ2n) is 4.55. The molecule has 1 aromatic heterocycles. The number of hydrogen-bond donors (Lipinski definition) is 1. The molecule has 0 aliphatic carbocycles. The molecule has 0 aliphatic heterocycles. The molecule has 0 spiro atoms. The lowest BCUT2D eigenvalue weighted by molar-refractivity contribution is -0.153. The lowest BCUT2D eigenvalue weighted by atomic mass is 10.1. The number of carbonyl (C=O) groups is 1. The lowest BCUT2D eigenvalue weighted by Gasteiger charge is -2.08. The van der Waals surface area contributed by atoms with Crippen LogP contribution in [0.2, 0.25) is 0 Å². The van der Waals surface area contributed by atoms with E-state index in [2.05, 4.69) is 10.3 Å². The minimum atomic E-state index is -1.25. The average Bonchev–Trinajstić information content (AvgIpc) is 2.97. The summed E-state index contributed by atoms with van der Waals surface area (Å²) in [6.07, 6.45) is 0.410. The van der Waals surface area contributed by atoms with Gasteiger partial charge in [0.25, 0.3) is 0 Å². The van der Waals surface area contributed by atoms with Crippen molar-refractivity contribution < 1.29 is 19.4 Å². The third-order valence-corrected chi connectivity index (χ3v) is 2.92. The largest absolute Gasteiger partial charge is 0.494 e. The quantitative estimate of drug-likeness (QED) is 0.775. The predicted molar refractivity (Wildman–Crippen MR) is 79.3 cm³/mol. The number of esters is 1. The second kappa shape index (κ2) is 7.56. The Labute approximate surface area is 128 Å². The zero-order valence-electron chi connectivity index (χ0n) is 12.6. The summed E-state index contributed by atoms with van der Waals surface area (Å²) >= 11 is 0. The second-order valence-corrected chi connectivity index (χ2v) is 4.55. The first-order chi connectivity index (χ1) is 10.6. The number of hydrogen-bond acceptors (Lipinski definition) is 6. The van der Waals surface area contributed by atoms with Gasteiger partial charge in [-0.1, -0.05) is 5.21 Å². The van der Waals surface area contributed by atoms with Crippen LogP contribution in [0.15, 0.2) is 30.5 Å². The first-order valence-corrected chi connectivity index (χ1v) is 7.12. The molecule has 0 aliphatic rings. The highest BCUT2D eigenvalue weighted by Crippen LogP contribution is 2.20. The molecule has 7 heteroatoms. The summed E-state index contributed by atoms with van der Waals surface area (Å²) in [4.78, 5) is 11.4. The van der Waals surface area contributed by atoms with Crippen LogP contribution in [-0.4, -0.2) is 45.4 Å². The van der Waals surface area contributed by atoms with E-state index in [4.69, 9.17) is 9.47 Å². The van der Waals surface area contributed by atoms with Crippen LogP contribution in [0.25, 0.3) is 11.3 Å². The van der Waals surface area contributed by atoms with Gasteiger partial charge in [-0.25, -0.2) is 9.48 Å². The van der Waals surface area contributed by atoms with Crippen molar-refractivity contribution in [3.63, 3.8) is 0 Å². The molecule has 1 aromatic carbocycles. The van der Waals surface area contributed by atoms with E-state index in [1.165, 1.54) is 4.68 Å². The molecule has 0 saturated heterocycles. The number of aliphatic hydroxyl groups is 1. The van der Waals surface area contributed by atoms with Crippen LogP contribution in [0.1, 0.15) is 13.8 Å². The molecular formula is C15H19N3O4. The maximum absolute atomic E-state index is 11.4. The highest BCUT2D eigenvalue weighted by atomic mass is 16.5. The fraction of sp³-hybridized carbons (Fsp3) is 0.400. The normalized spacial score (nSPS) is 12.0. The summed E-state index contributed by atoms with van der Waals surface area (Å²) in [5, 5.41) is 17.6. The van der Waals surface area contributed by atoms with Gasteiger partial charge in [0.15, 0.2) is 6.10 Å². The van der Waals surface area contributed by atoms with Crippen LogP contribution in [0, 0.1) is 0 Å². The van der Waals surface area contributed by atoms with Gasteiger partial charge < -0.3 is 14.6 Å². The van der Waals surface area contributed by atoms with Gasteiger partial charge in [-0.15, -0.1) is 5.10 Å². The number of aliphatic hydroxyl groups excluding tert-OH is 1. The van der Waals surface area contributed by atoms with E-state index in [1.807, 2.05) is 31.2 Å². The van der Waals surface area contributed by atoms with Gasteiger partial charge in [0.1, 0.15) is 11.4 Å². The van der Waals surface area contributed by atoms with Gasteiger partial charge in [-0.3, -0.25) is 0 Å². The van der Waals surface area contributed by atoms with Crippen molar-refractivity contribution in [2.45, 2.75) is 26.5 Å². The van der Waals surface area contributed by atoms with E-state index in [1.54, 1.807) is 13.1 Å². The van der Waals surface area contributed by atoms with E-state index in [0.717, 1.165) is 11.3 Å². The average molecular weight is 305 g/mol. The Kier molecular flexibility index (Phi) is 5.48. The molecule has 0 radical (unpaired) electrons. The molecule has 22 heavy (non-hydrogen) atoms. The Morgan fingerprint density at radius 1 is 1.27 bits per heavy atom. The Hall–Kier alpha value is -2.41. The smallest absolute Gasteiger partial charge is 0.336 e. The fourth-order valence-corrected chi connectivity index (χ4v) is 1.90. The van der Waals surface area contributed by atoms with Crippen LogP contribution < -0.4 is 4.74 Å². The molecule has 7 nitrogen and oxygen atoms in total. The molecule has 0 fully saturated rings. The van der Waals surface area contributed by atoms with Gasteiger partial charge in [0, 0.05) is 5.56 Å². The summed E-state index contributed by atoms with van der Waals surface area (Å²) in [5.74, 6) is 0.122. The molecule has 1 heterocycles. The first-order valence-electron chi connectivity index (χ1n) is 7.12. The van der Waals surface area contributed by atoms with Gasteiger partial charge in [-0.2, -0.15) is 0 Å². The van der Waals surface area contributed by atoms with Crippen molar-refractivity contribution in [3.8, 4) is 17.0 Å². The Balaban J connectivity index is 2.03. The minimum Gasteiger partial charge on any atom is -0.494 e. The predicted octanol–water partition coefficient (Wildman–Crippen LogP) is 1.27. The maximum Gasteiger partial charge on any atom is 0.336 e. The van der Waals surface area contributed by atoms with Crippen molar-refractivity contribution >= 4 is 5.97 Å². The molecular weight excluding hydrogens is 286 g/mol. The van der Waals surface area contributed by atoms with Gasteiger partial charge in [-0.05, 0) is 38.1 Å². The van der Waals surface area contributed by atoms with E-state index in [0.29, 0.717) is 12.3 Å². The van der Waals surface area contributed by atoms with E-state index < -0.39 is 12.1 Å². The highest BCUT2D eigenvalue weighted by molar-refractivity contribution is 5.74. The van der Waals surface area contributed by atoms with Crippen molar-refractivity contribution in [1.29, 1.82) is 0 Å². The van der Waals surface area contributed by atoms with Crippen molar-refractivity contribution in [2.75, 3.05) is 13.2 Å². The topological polar surface area (TPSA) is 86.5 Å². The number of benzene rings is 1. The summed E-state index contributed by atoms with van der Waals surface area (Å²) in [6, 6.07) is 7.46. The summed E-state index contributed by atoms with van der Waals surface area (Å²) < 4.78 is 11.5. The monoisotopic (exact) mass is 305 g/mol. The molecule has 1 atom stereocenters. The molecule has 118 valence electrons. The summed E-state index contributed by atoms with van der Waals surface area (Å²) in [7, 11) is 0. The standard InChI is InChI=1S/C15H19N3O4/c1-3-21-12-7-5-11(6-8-12)13-9-18(17-16-13)10-14(19)15(20)22-4-2/h5-9,14,19H,3-4,10H2,1-2H3/t14-/m1/s1. The Morgan fingerprint density at radius 2 is 2.00 bits per heavy atom. The number of ether oxygens (including phenoxy) is 2. The molecule has 0 amide bonds. The van der Waals surface area contributed by atoms with Crippen molar-refractivity contribution in [2.24, 2.45) is 0 Å². The van der Waals surface area contributed by atoms with Crippen LogP contribution >= 0.6 is 0 Å². The number of rotatable bonds is 7. The van der Waals surface area contributed by atoms with Gasteiger partial charge in [0.05, 0.1) is 26.0 Å². The molecule has 1 N–H and O–H groups in total. The number of nitrogens with zero attached hydrogens (tertiary/aromatic N) is 3. The molecule has 2 aromatic rings. The van der Waals surface area contributed by atoms with E-state index in [9.17, 15) is 9.90 Å². The van der Waals surface area contributed by atoms with Crippen LogP contribution in [0.4, 0.5) is 0 Å². The molecule has 0 unspecified atom stereocenters. The van der Waals surface area contributed by atoms with Gasteiger partial charge >= 0.3 is 5.97 Å². The summed E-state index contributed by atoms with van der Waals surface area (Å²) in [5.41, 5.74) is 1.53. The third kappa shape index (κ3) is 4.05. The minimum absolute atomic E-state index is 0.00284. The number of carbonyl (C=O) groups excluding carboxylic acids is 1. The van der Waals surface area contributed by atoms with Crippen LogP contribution in [-0.2, 0) is 16.1 Å². The SMILES string of the molecule is CCOC(=O)[C@H](O)Cn1cc(-c2ccc(OCC)cc2)nn1.